The third-order valence-electron chi connectivity index (χ3n) is 3.81. The highest BCUT2D eigenvalue weighted by Gasteiger charge is 2.38. The van der Waals surface area contributed by atoms with Crippen LogP contribution in [0.3, 0.4) is 0 Å². The number of nitrogens with one attached hydrogen (secondary N) is 1. The van der Waals surface area contributed by atoms with Gasteiger partial charge in [0.05, 0.1) is 6.54 Å². The van der Waals surface area contributed by atoms with E-state index < -0.39 is 12.1 Å². The lowest BCUT2D eigenvalue weighted by molar-refractivity contribution is -0.192. The number of nitrogens with zero attached hydrogens (tertiary/aromatic N) is 4. The predicted octanol–water partition coefficient (Wildman–Crippen LogP) is 4.53. The fraction of sp³-hybridized carbons (Fsp3) is 0.300. The summed E-state index contributed by atoms with van der Waals surface area (Å²) in [6.45, 7) is 4.73. The molecule has 0 unspecified atom stereocenters. The van der Waals surface area contributed by atoms with Crippen LogP contribution in [0.15, 0.2) is 36.5 Å². The molecule has 0 aliphatic heterocycles. The van der Waals surface area contributed by atoms with E-state index in [4.69, 9.17) is 9.90 Å². The normalized spacial score (nSPS) is 10.8. The molecule has 2 heterocycles. The van der Waals surface area contributed by atoms with Crippen molar-refractivity contribution in [2.45, 2.75) is 26.6 Å². The molecule has 31 heavy (non-hydrogen) atoms. The van der Waals surface area contributed by atoms with Gasteiger partial charge in [-0.2, -0.15) is 18.2 Å². The van der Waals surface area contributed by atoms with E-state index in [9.17, 15) is 13.2 Å². The van der Waals surface area contributed by atoms with Crippen LogP contribution in [0.25, 0.3) is 10.6 Å². The Labute approximate surface area is 181 Å². The van der Waals surface area contributed by atoms with E-state index >= 15 is 0 Å². The zero-order valence-corrected chi connectivity index (χ0v) is 18.2. The lowest BCUT2D eigenvalue weighted by atomic mass is 10.2. The standard InChI is InChI=1S/C18H21N5S.C2HF3O2/c1-12-5-7-14(8-6-12)17-19-10-15(24-17)11-20-18-21-13(2)9-16(22-18)23(3)4;3-2(4,5)1(6)7/h5-10H,11H2,1-4H3,(H,20,21,22);(H,6,7). The zero-order chi connectivity index (χ0) is 23.2. The monoisotopic (exact) mass is 453 g/mol. The lowest BCUT2D eigenvalue weighted by Crippen LogP contribution is -2.21. The van der Waals surface area contributed by atoms with Crippen molar-refractivity contribution >= 4 is 29.1 Å². The Balaban J connectivity index is 0.000000423. The summed E-state index contributed by atoms with van der Waals surface area (Å²) in [7, 11) is 3.95. The number of carbonyl (C=O) groups is 1. The molecule has 0 saturated carbocycles. The Hall–Kier alpha value is -3.21. The molecule has 0 aliphatic rings. The molecule has 2 aromatic heterocycles. The number of hydrogen-bond acceptors (Lipinski definition) is 7. The summed E-state index contributed by atoms with van der Waals surface area (Å²) in [6, 6.07) is 10.4. The zero-order valence-electron chi connectivity index (χ0n) is 17.4. The Morgan fingerprint density at radius 3 is 2.32 bits per heavy atom. The Morgan fingerprint density at radius 2 is 1.77 bits per heavy atom. The largest absolute Gasteiger partial charge is 0.490 e. The van der Waals surface area contributed by atoms with Crippen molar-refractivity contribution < 1.29 is 23.1 Å². The van der Waals surface area contributed by atoms with Crippen molar-refractivity contribution in [1.82, 2.24) is 15.0 Å². The number of aliphatic carboxylic acids is 1. The van der Waals surface area contributed by atoms with Crippen LogP contribution in [0, 0.1) is 13.8 Å². The summed E-state index contributed by atoms with van der Waals surface area (Å²) >= 11 is 1.69. The molecule has 1 aromatic carbocycles. The summed E-state index contributed by atoms with van der Waals surface area (Å²) < 4.78 is 31.7. The number of aromatic nitrogens is 3. The first kappa shape index (κ1) is 24.1. The number of thiazole rings is 1. The van der Waals surface area contributed by atoms with Gasteiger partial charge in [-0.05, 0) is 13.8 Å². The number of rotatable bonds is 5. The van der Waals surface area contributed by atoms with Crippen LogP contribution in [-0.2, 0) is 11.3 Å². The molecule has 166 valence electrons. The number of halogens is 3. The number of hydrogen-bond donors (Lipinski definition) is 2. The third-order valence-corrected chi connectivity index (χ3v) is 4.86. The Kier molecular flexibility index (Phi) is 7.92. The molecular formula is C20H22F3N5O2S. The average Bonchev–Trinajstić information content (AvgIpc) is 3.15. The highest BCUT2D eigenvalue weighted by atomic mass is 32.1. The van der Waals surface area contributed by atoms with Crippen LogP contribution in [0.5, 0.6) is 0 Å². The molecule has 11 heteroatoms. The third kappa shape index (κ3) is 7.52. The van der Waals surface area contributed by atoms with Crippen molar-refractivity contribution in [3.8, 4) is 10.6 Å². The van der Waals surface area contributed by atoms with E-state index in [1.54, 1.807) is 11.3 Å². The number of carboxylic acid groups (broad SMARTS) is 1. The minimum atomic E-state index is -5.08. The molecule has 3 aromatic rings. The number of carboxylic acids is 1. The van der Waals surface area contributed by atoms with Crippen molar-refractivity contribution in [1.29, 1.82) is 0 Å². The van der Waals surface area contributed by atoms with Gasteiger partial charge in [-0.15, -0.1) is 11.3 Å². The van der Waals surface area contributed by atoms with Crippen LogP contribution in [-0.4, -0.2) is 46.3 Å². The molecule has 7 nitrogen and oxygen atoms in total. The van der Waals surface area contributed by atoms with E-state index in [2.05, 4.69) is 51.5 Å². The highest BCUT2D eigenvalue weighted by molar-refractivity contribution is 7.15. The maximum Gasteiger partial charge on any atom is 0.490 e. The smallest absolute Gasteiger partial charge is 0.475 e. The molecule has 0 amide bonds. The van der Waals surface area contributed by atoms with Gasteiger partial charge in [-0.25, -0.2) is 14.8 Å². The first-order valence-corrected chi connectivity index (χ1v) is 9.86. The minimum Gasteiger partial charge on any atom is -0.475 e. The molecule has 0 saturated heterocycles. The van der Waals surface area contributed by atoms with Gasteiger partial charge in [0.25, 0.3) is 0 Å². The highest BCUT2D eigenvalue weighted by Crippen LogP contribution is 2.26. The second-order valence-corrected chi connectivity index (χ2v) is 7.85. The Morgan fingerprint density at radius 1 is 1.16 bits per heavy atom. The molecule has 0 aliphatic carbocycles. The van der Waals surface area contributed by atoms with Crippen molar-refractivity contribution in [3.63, 3.8) is 0 Å². The number of alkyl halides is 3. The van der Waals surface area contributed by atoms with Crippen molar-refractivity contribution in [2.24, 2.45) is 0 Å². The maximum atomic E-state index is 10.6. The molecule has 0 fully saturated rings. The fourth-order valence-corrected chi connectivity index (χ4v) is 3.10. The number of benzene rings is 1. The molecule has 0 spiro atoms. The molecule has 3 rings (SSSR count). The van der Waals surface area contributed by atoms with Gasteiger partial charge in [0, 0.05) is 42.5 Å². The van der Waals surface area contributed by atoms with E-state index in [1.807, 2.05) is 38.2 Å². The predicted molar refractivity (Wildman–Crippen MR) is 114 cm³/mol. The van der Waals surface area contributed by atoms with Gasteiger partial charge in [-0.1, -0.05) is 29.8 Å². The van der Waals surface area contributed by atoms with Crippen molar-refractivity contribution in [2.75, 3.05) is 24.3 Å². The number of anilines is 2. The lowest BCUT2D eigenvalue weighted by Gasteiger charge is -2.13. The van der Waals surface area contributed by atoms with Gasteiger partial charge < -0.3 is 15.3 Å². The van der Waals surface area contributed by atoms with E-state index in [-0.39, 0.29) is 0 Å². The average molecular weight is 453 g/mol. The van der Waals surface area contributed by atoms with Crippen LogP contribution < -0.4 is 10.2 Å². The van der Waals surface area contributed by atoms with Gasteiger partial charge >= 0.3 is 12.1 Å². The summed E-state index contributed by atoms with van der Waals surface area (Å²) in [5.74, 6) is -1.22. The first-order valence-electron chi connectivity index (χ1n) is 9.04. The van der Waals surface area contributed by atoms with Gasteiger partial charge in [0.1, 0.15) is 10.8 Å². The maximum absolute atomic E-state index is 10.6. The molecule has 0 radical (unpaired) electrons. The molecule has 0 bridgehead atoms. The van der Waals surface area contributed by atoms with Crippen LogP contribution in [0.2, 0.25) is 0 Å². The van der Waals surface area contributed by atoms with Crippen molar-refractivity contribution in [3.05, 3.63) is 52.7 Å². The molecule has 0 atom stereocenters. The summed E-state index contributed by atoms with van der Waals surface area (Å²) in [5, 5.41) is 11.5. The van der Waals surface area contributed by atoms with Crippen LogP contribution >= 0.6 is 11.3 Å². The SMILES string of the molecule is Cc1ccc(-c2ncc(CNc3nc(C)cc(N(C)C)n3)s2)cc1.O=C(O)C(F)(F)F. The minimum absolute atomic E-state index is 0.643. The fourth-order valence-electron chi connectivity index (χ4n) is 2.25. The quantitative estimate of drug-likeness (QED) is 0.587. The first-order chi connectivity index (χ1) is 14.5. The van der Waals surface area contributed by atoms with Gasteiger partial charge in [0.2, 0.25) is 5.95 Å². The van der Waals surface area contributed by atoms with Gasteiger partial charge in [0.15, 0.2) is 0 Å². The van der Waals surface area contributed by atoms with Gasteiger partial charge in [-0.3, -0.25) is 0 Å². The Bertz CT molecular complexity index is 1020. The summed E-state index contributed by atoms with van der Waals surface area (Å²) in [4.78, 5) is 25.5. The summed E-state index contributed by atoms with van der Waals surface area (Å²) in [5.41, 5.74) is 3.35. The topological polar surface area (TPSA) is 91.2 Å². The number of aryl methyl sites for hydroxylation is 2. The summed E-state index contributed by atoms with van der Waals surface area (Å²) in [6.07, 6.45) is -3.17. The molecule has 2 N–H and O–H groups in total. The molecular weight excluding hydrogens is 431 g/mol. The van der Waals surface area contributed by atoms with E-state index in [1.165, 1.54) is 5.56 Å². The second-order valence-electron chi connectivity index (χ2n) is 6.74. The second kappa shape index (κ2) is 10.2. The van der Waals surface area contributed by atoms with E-state index in [0.717, 1.165) is 27.0 Å². The van der Waals surface area contributed by atoms with Crippen LogP contribution in [0.4, 0.5) is 24.9 Å². The van der Waals surface area contributed by atoms with E-state index in [0.29, 0.717) is 12.5 Å². The van der Waals surface area contributed by atoms with Crippen LogP contribution in [0.1, 0.15) is 16.1 Å².